The number of rotatable bonds is 4. The van der Waals surface area contributed by atoms with Crippen LogP contribution in [0.4, 0.5) is 0 Å². The Bertz CT molecular complexity index is 572. The topological polar surface area (TPSA) is 17.1 Å². The minimum absolute atomic E-state index is 0.274. The summed E-state index contributed by atoms with van der Waals surface area (Å²) in [5.41, 5.74) is 4.49. The number of carbonyl (C=O) groups excluding carboxylic acids is 1. The van der Waals surface area contributed by atoms with Gasteiger partial charge >= 0.3 is 0 Å². The summed E-state index contributed by atoms with van der Waals surface area (Å²) in [7, 11) is 0. The quantitative estimate of drug-likeness (QED) is 0.754. The van der Waals surface area contributed by atoms with Crippen molar-refractivity contribution in [2.45, 2.75) is 26.2 Å². The molecule has 98 valence electrons. The maximum atomic E-state index is 11.7. The molecule has 2 aromatic carbocycles. The predicted octanol–water partition coefficient (Wildman–Crippen LogP) is 4.40. The Labute approximate surface area is 119 Å². The van der Waals surface area contributed by atoms with E-state index in [4.69, 9.17) is 11.6 Å². The van der Waals surface area contributed by atoms with Crippen molar-refractivity contribution in [1.29, 1.82) is 0 Å². The Morgan fingerprint density at radius 3 is 2.32 bits per heavy atom. The lowest BCUT2D eigenvalue weighted by molar-refractivity contribution is -0.113. The minimum Gasteiger partial charge on any atom is -0.281 e. The van der Waals surface area contributed by atoms with E-state index >= 15 is 0 Å². The van der Waals surface area contributed by atoms with Gasteiger partial charge in [-0.2, -0.15) is 0 Å². The van der Waals surface area contributed by atoms with Gasteiger partial charge < -0.3 is 0 Å². The third kappa shape index (κ3) is 3.68. The molecular formula is C17H17ClO. The molecule has 0 fully saturated rings. The number of hydrogen-bond donors (Lipinski definition) is 0. The van der Waals surface area contributed by atoms with Crippen LogP contribution in [-0.2, 0) is 11.2 Å². The first-order valence-corrected chi connectivity index (χ1v) is 6.75. The molecule has 1 atom stereocenters. The van der Waals surface area contributed by atoms with E-state index in [0.717, 1.165) is 11.1 Å². The van der Waals surface area contributed by atoms with Gasteiger partial charge in [0.25, 0.3) is 0 Å². The Morgan fingerprint density at radius 1 is 1.05 bits per heavy atom. The first kappa shape index (κ1) is 13.8. The zero-order chi connectivity index (χ0) is 13.8. The van der Waals surface area contributed by atoms with Crippen LogP contribution in [0, 0.1) is 13.8 Å². The lowest BCUT2D eigenvalue weighted by atomic mass is 9.92. The van der Waals surface area contributed by atoms with Crippen LogP contribution in [-0.4, -0.2) is 5.24 Å². The summed E-state index contributed by atoms with van der Waals surface area (Å²) in [5, 5.41) is -0.301. The maximum absolute atomic E-state index is 11.7. The molecule has 0 amide bonds. The number of benzene rings is 2. The van der Waals surface area contributed by atoms with Gasteiger partial charge in [-0.3, -0.25) is 4.79 Å². The Hall–Kier alpha value is -1.60. The molecule has 0 aliphatic heterocycles. The zero-order valence-electron chi connectivity index (χ0n) is 11.2. The summed E-state index contributed by atoms with van der Waals surface area (Å²) in [4.78, 5) is 11.7. The molecule has 0 heterocycles. The van der Waals surface area contributed by atoms with Crippen LogP contribution in [0.2, 0.25) is 0 Å². The standard InChI is InChI=1S/C17H17ClO/c1-12-6-8-15(9-7-12)16(17(18)19)11-14-5-3-4-13(2)10-14/h3-10,16H,11H2,1-2H3. The molecule has 1 unspecified atom stereocenters. The monoisotopic (exact) mass is 272 g/mol. The average Bonchev–Trinajstić information content (AvgIpc) is 2.37. The van der Waals surface area contributed by atoms with Gasteiger partial charge in [0, 0.05) is 0 Å². The fourth-order valence-electron chi connectivity index (χ4n) is 2.20. The molecule has 0 aliphatic rings. The number of carbonyl (C=O) groups is 1. The van der Waals surface area contributed by atoms with Crippen molar-refractivity contribution in [3.05, 3.63) is 70.8 Å². The van der Waals surface area contributed by atoms with Crippen LogP contribution in [0.25, 0.3) is 0 Å². The van der Waals surface area contributed by atoms with Crippen molar-refractivity contribution in [2.24, 2.45) is 0 Å². The highest BCUT2D eigenvalue weighted by atomic mass is 35.5. The second-order valence-electron chi connectivity index (χ2n) is 4.96. The maximum Gasteiger partial charge on any atom is 0.229 e. The van der Waals surface area contributed by atoms with Crippen LogP contribution in [0.1, 0.15) is 28.2 Å². The lowest BCUT2D eigenvalue weighted by Gasteiger charge is -2.14. The average molecular weight is 273 g/mol. The smallest absolute Gasteiger partial charge is 0.229 e. The van der Waals surface area contributed by atoms with Crippen molar-refractivity contribution in [1.82, 2.24) is 0 Å². The number of aryl methyl sites for hydroxylation is 2. The summed E-state index contributed by atoms with van der Waals surface area (Å²) in [6.45, 7) is 4.08. The fraction of sp³-hybridized carbons (Fsp3) is 0.235. The highest BCUT2D eigenvalue weighted by Gasteiger charge is 2.19. The molecule has 1 nitrogen and oxygen atoms in total. The SMILES string of the molecule is Cc1ccc(C(Cc2cccc(C)c2)C(=O)Cl)cc1. The highest BCUT2D eigenvalue weighted by molar-refractivity contribution is 6.64. The summed E-state index contributed by atoms with van der Waals surface area (Å²) in [6.07, 6.45) is 0.646. The van der Waals surface area contributed by atoms with E-state index in [1.807, 2.05) is 56.3 Å². The largest absolute Gasteiger partial charge is 0.281 e. The predicted molar refractivity (Wildman–Crippen MR) is 79.7 cm³/mol. The highest BCUT2D eigenvalue weighted by Crippen LogP contribution is 2.24. The summed E-state index contributed by atoms with van der Waals surface area (Å²) < 4.78 is 0. The molecule has 2 heteroatoms. The molecule has 19 heavy (non-hydrogen) atoms. The van der Waals surface area contributed by atoms with Crippen LogP contribution in [0.3, 0.4) is 0 Å². The van der Waals surface area contributed by atoms with E-state index < -0.39 is 0 Å². The van der Waals surface area contributed by atoms with E-state index in [2.05, 4.69) is 6.07 Å². The summed E-state index contributed by atoms with van der Waals surface area (Å²) >= 11 is 5.77. The van der Waals surface area contributed by atoms with Gasteiger partial charge in [-0.05, 0) is 43.0 Å². The van der Waals surface area contributed by atoms with Gasteiger partial charge in [-0.25, -0.2) is 0 Å². The van der Waals surface area contributed by atoms with E-state index in [9.17, 15) is 4.79 Å². The van der Waals surface area contributed by atoms with Crippen LogP contribution in [0.5, 0.6) is 0 Å². The van der Waals surface area contributed by atoms with Gasteiger partial charge in [-0.1, -0.05) is 59.7 Å². The molecule has 0 saturated carbocycles. The molecule has 2 rings (SSSR count). The summed E-state index contributed by atoms with van der Waals surface area (Å²) in [5.74, 6) is -0.274. The van der Waals surface area contributed by atoms with Crippen molar-refractivity contribution in [3.63, 3.8) is 0 Å². The minimum atomic E-state index is -0.301. The third-order valence-electron chi connectivity index (χ3n) is 3.28. The molecule has 0 radical (unpaired) electrons. The Balaban J connectivity index is 2.26. The molecule has 0 bridgehead atoms. The van der Waals surface area contributed by atoms with Crippen LogP contribution < -0.4 is 0 Å². The van der Waals surface area contributed by atoms with E-state index in [1.165, 1.54) is 11.1 Å². The number of halogens is 1. The van der Waals surface area contributed by atoms with Crippen LogP contribution >= 0.6 is 11.6 Å². The van der Waals surface area contributed by atoms with E-state index in [-0.39, 0.29) is 11.2 Å². The van der Waals surface area contributed by atoms with Gasteiger partial charge in [0.1, 0.15) is 0 Å². The van der Waals surface area contributed by atoms with E-state index in [0.29, 0.717) is 6.42 Å². The molecule has 0 aliphatic carbocycles. The molecule has 0 N–H and O–H groups in total. The second-order valence-corrected chi connectivity index (χ2v) is 5.33. The molecule has 2 aromatic rings. The van der Waals surface area contributed by atoms with Crippen molar-refractivity contribution in [3.8, 4) is 0 Å². The fourth-order valence-corrected chi connectivity index (χ4v) is 2.41. The van der Waals surface area contributed by atoms with Crippen LogP contribution in [0.15, 0.2) is 48.5 Å². The van der Waals surface area contributed by atoms with Gasteiger partial charge in [0.15, 0.2) is 0 Å². The molecular weight excluding hydrogens is 256 g/mol. The van der Waals surface area contributed by atoms with Crippen molar-refractivity contribution < 1.29 is 4.79 Å². The normalized spacial score (nSPS) is 12.2. The van der Waals surface area contributed by atoms with Crippen molar-refractivity contribution >= 4 is 16.8 Å². The third-order valence-corrected chi connectivity index (χ3v) is 3.54. The zero-order valence-corrected chi connectivity index (χ0v) is 11.9. The Morgan fingerprint density at radius 2 is 1.74 bits per heavy atom. The van der Waals surface area contributed by atoms with Crippen molar-refractivity contribution in [2.75, 3.05) is 0 Å². The second kappa shape index (κ2) is 6.03. The van der Waals surface area contributed by atoms with Gasteiger partial charge in [0.2, 0.25) is 5.24 Å². The number of hydrogen-bond acceptors (Lipinski definition) is 1. The first-order valence-electron chi connectivity index (χ1n) is 6.37. The Kier molecular flexibility index (Phi) is 4.39. The molecule has 0 spiro atoms. The van der Waals surface area contributed by atoms with Gasteiger partial charge in [0.05, 0.1) is 5.92 Å². The van der Waals surface area contributed by atoms with E-state index in [1.54, 1.807) is 0 Å². The molecule has 0 saturated heterocycles. The molecule has 0 aromatic heterocycles. The lowest BCUT2D eigenvalue weighted by Crippen LogP contribution is -2.10. The van der Waals surface area contributed by atoms with Gasteiger partial charge in [-0.15, -0.1) is 0 Å². The summed E-state index contributed by atoms with van der Waals surface area (Å²) in [6, 6.07) is 16.2. The first-order chi connectivity index (χ1) is 9.06.